The van der Waals surface area contributed by atoms with Gasteiger partial charge in [-0.1, -0.05) is 19.1 Å². The average molecular weight is 149 g/mol. The van der Waals surface area contributed by atoms with Crippen molar-refractivity contribution in [2.24, 2.45) is 10.9 Å². The highest BCUT2D eigenvalue weighted by Gasteiger charge is 2.06. The zero-order chi connectivity index (χ0) is 8.10. The fourth-order valence-corrected chi connectivity index (χ4v) is 1.22. The molecule has 0 N–H and O–H groups in total. The largest absolute Gasteiger partial charge is 0.266 e. The Labute approximate surface area is 68.5 Å². The minimum atomic E-state index is 0.673. The molecular formula is C10H15N. The van der Waals surface area contributed by atoms with E-state index in [0.717, 1.165) is 19.3 Å². The zero-order valence-corrected chi connectivity index (χ0v) is 7.09. The molecule has 1 atom stereocenters. The van der Waals surface area contributed by atoms with E-state index in [2.05, 4.69) is 24.6 Å². The molecule has 1 heterocycles. The van der Waals surface area contributed by atoms with Crippen molar-refractivity contribution in [3.05, 3.63) is 24.9 Å². The van der Waals surface area contributed by atoms with Crippen molar-refractivity contribution in [2.75, 3.05) is 0 Å². The van der Waals surface area contributed by atoms with Crippen LogP contribution in [-0.4, -0.2) is 5.71 Å². The Kier molecular flexibility index (Phi) is 3.09. The number of hydrogen-bond acceptors (Lipinski definition) is 1. The lowest BCUT2D eigenvalue weighted by Gasteiger charge is -2.11. The zero-order valence-electron chi connectivity index (χ0n) is 7.09. The standard InChI is InChI=1S/C10H15N/c1-3-4-5-10-8-9(2)6-7-11-10/h3,6-7,9H,1,4-5,8H2,2H3. The Balaban J connectivity index is 2.39. The summed E-state index contributed by atoms with van der Waals surface area (Å²) in [6.07, 6.45) is 9.29. The van der Waals surface area contributed by atoms with Crippen molar-refractivity contribution in [3.8, 4) is 0 Å². The second-order valence-electron chi connectivity index (χ2n) is 3.05. The van der Waals surface area contributed by atoms with Gasteiger partial charge in [0.05, 0.1) is 0 Å². The summed E-state index contributed by atoms with van der Waals surface area (Å²) < 4.78 is 0. The van der Waals surface area contributed by atoms with Crippen molar-refractivity contribution in [2.45, 2.75) is 26.2 Å². The summed E-state index contributed by atoms with van der Waals surface area (Å²) in [4.78, 5) is 4.31. The summed E-state index contributed by atoms with van der Waals surface area (Å²) in [5.74, 6) is 0.673. The molecule has 1 rings (SSSR count). The van der Waals surface area contributed by atoms with Gasteiger partial charge in [0, 0.05) is 11.9 Å². The molecule has 0 aliphatic carbocycles. The molecule has 0 bridgehead atoms. The van der Waals surface area contributed by atoms with Crippen LogP contribution in [0.25, 0.3) is 0 Å². The van der Waals surface area contributed by atoms with E-state index in [1.54, 1.807) is 0 Å². The van der Waals surface area contributed by atoms with Crippen LogP contribution >= 0.6 is 0 Å². The van der Waals surface area contributed by atoms with E-state index >= 15 is 0 Å². The lowest BCUT2D eigenvalue weighted by molar-refractivity contribution is 0.742. The fraction of sp³-hybridized carbons (Fsp3) is 0.500. The highest BCUT2D eigenvalue weighted by atomic mass is 14.7. The van der Waals surface area contributed by atoms with E-state index < -0.39 is 0 Å². The summed E-state index contributed by atoms with van der Waals surface area (Å²) >= 11 is 0. The van der Waals surface area contributed by atoms with Gasteiger partial charge in [-0.3, -0.25) is 4.99 Å². The predicted molar refractivity (Wildman–Crippen MR) is 49.8 cm³/mol. The van der Waals surface area contributed by atoms with Crippen molar-refractivity contribution in [1.29, 1.82) is 0 Å². The molecule has 1 aliphatic rings. The molecule has 1 unspecified atom stereocenters. The number of hydrogen-bond donors (Lipinski definition) is 0. The molecule has 0 aromatic carbocycles. The molecule has 0 saturated carbocycles. The molecule has 0 aromatic heterocycles. The molecule has 1 aliphatic heterocycles. The van der Waals surface area contributed by atoms with E-state index in [0.29, 0.717) is 5.92 Å². The van der Waals surface area contributed by atoms with Gasteiger partial charge in [-0.2, -0.15) is 0 Å². The fourth-order valence-electron chi connectivity index (χ4n) is 1.22. The molecule has 0 saturated heterocycles. The van der Waals surface area contributed by atoms with Crippen LogP contribution in [0.5, 0.6) is 0 Å². The quantitative estimate of drug-likeness (QED) is 0.547. The summed E-state index contributed by atoms with van der Waals surface area (Å²) in [5, 5.41) is 0. The monoisotopic (exact) mass is 149 g/mol. The van der Waals surface area contributed by atoms with Gasteiger partial charge in [0.2, 0.25) is 0 Å². The SMILES string of the molecule is C=CCCC1=NC=CC(C)C1. The highest BCUT2D eigenvalue weighted by Crippen LogP contribution is 2.13. The first kappa shape index (κ1) is 8.25. The van der Waals surface area contributed by atoms with Crippen molar-refractivity contribution in [1.82, 2.24) is 0 Å². The number of allylic oxidation sites excluding steroid dienone is 2. The van der Waals surface area contributed by atoms with Crippen LogP contribution in [0, 0.1) is 5.92 Å². The van der Waals surface area contributed by atoms with Crippen LogP contribution in [0.3, 0.4) is 0 Å². The number of rotatable bonds is 3. The first-order valence-electron chi connectivity index (χ1n) is 4.16. The van der Waals surface area contributed by atoms with Crippen LogP contribution in [-0.2, 0) is 0 Å². The minimum absolute atomic E-state index is 0.673. The minimum Gasteiger partial charge on any atom is -0.266 e. The second kappa shape index (κ2) is 4.12. The van der Waals surface area contributed by atoms with Gasteiger partial charge in [-0.05, 0) is 25.2 Å². The Morgan fingerprint density at radius 2 is 2.64 bits per heavy atom. The van der Waals surface area contributed by atoms with Crippen molar-refractivity contribution < 1.29 is 0 Å². The predicted octanol–water partition coefficient (Wildman–Crippen LogP) is 2.95. The molecule has 0 aromatic rings. The van der Waals surface area contributed by atoms with Gasteiger partial charge in [-0.25, -0.2) is 0 Å². The van der Waals surface area contributed by atoms with Crippen LogP contribution in [0.15, 0.2) is 29.9 Å². The Morgan fingerprint density at radius 1 is 1.82 bits per heavy atom. The molecule has 1 nitrogen and oxygen atoms in total. The maximum absolute atomic E-state index is 4.31. The van der Waals surface area contributed by atoms with Gasteiger partial charge in [0.1, 0.15) is 0 Å². The molecule has 0 amide bonds. The maximum atomic E-state index is 4.31. The molecule has 0 fully saturated rings. The summed E-state index contributed by atoms with van der Waals surface area (Å²) in [5.41, 5.74) is 1.32. The Bertz CT molecular complexity index is 189. The summed E-state index contributed by atoms with van der Waals surface area (Å²) in [7, 11) is 0. The van der Waals surface area contributed by atoms with Gasteiger partial charge >= 0.3 is 0 Å². The van der Waals surface area contributed by atoms with Crippen LogP contribution in [0.2, 0.25) is 0 Å². The van der Waals surface area contributed by atoms with E-state index in [-0.39, 0.29) is 0 Å². The van der Waals surface area contributed by atoms with Crippen LogP contribution in [0.1, 0.15) is 26.2 Å². The first-order valence-corrected chi connectivity index (χ1v) is 4.16. The van der Waals surface area contributed by atoms with E-state index in [4.69, 9.17) is 0 Å². The third kappa shape index (κ3) is 2.71. The van der Waals surface area contributed by atoms with Crippen LogP contribution in [0.4, 0.5) is 0 Å². The molecule has 0 spiro atoms. The van der Waals surface area contributed by atoms with Gasteiger partial charge in [0.25, 0.3) is 0 Å². The van der Waals surface area contributed by atoms with Crippen molar-refractivity contribution in [3.63, 3.8) is 0 Å². The van der Waals surface area contributed by atoms with Gasteiger partial charge in [0.15, 0.2) is 0 Å². The normalized spacial score (nSPS) is 23.0. The van der Waals surface area contributed by atoms with Crippen molar-refractivity contribution >= 4 is 5.71 Å². The smallest absolute Gasteiger partial charge is 0.0230 e. The number of aliphatic imine (C=N–C) groups is 1. The number of nitrogens with zero attached hydrogens (tertiary/aromatic N) is 1. The van der Waals surface area contributed by atoms with E-state index in [1.807, 2.05) is 12.3 Å². The summed E-state index contributed by atoms with van der Waals surface area (Å²) in [6, 6.07) is 0. The Morgan fingerprint density at radius 3 is 3.27 bits per heavy atom. The third-order valence-electron chi connectivity index (χ3n) is 1.87. The highest BCUT2D eigenvalue weighted by molar-refractivity contribution is 5.86. The van der Waals surface area contributed by atoms with Crippen LogP contribution < -0.4 is 0 Å². The first-order chi connectivity index (χ1) is 5.33. The Hall–Kier alpha value is -0.850. The third-order valence-corrected chi connectivity index (χ3v) is 1.87. The van der Waals surface area contributed by atoms with E-state index in [9.17, 15) is 0 Å². The van der Waals surface area contributed by atoms with Gasteiger partial charge in [-0.15, -0.1) is 6.58 Å². The topological polar surface area (TPSA) is 12.4 Å². The molecule has 0 radical (unpaired) electrons. The second-order valence-corrected chi connectivity index (χ2v) is 3.05. The molecular weight excluding hydrogens is 134 g/mol. The molecule has 11 heavy (non-hydrogen) atoms. The van der Waals surface area contributed by atoms with E-state index in [1.165, 1.54) is 5.71 Å². The maximum Gasteiger partial charge on any atom is 0.0230 e. The molecule has 60 valence electrons. The lowest BCUT2D eigenvalue weighted by atomic mass is 9.99. The van der Waals surface area contributed by atoms with Gasteiger partial charge < -0.3 is 0 Å². The lowest BCUT2D eigenvalue weighted by Crippen LogP contribution is -2.06. The average Bonchev–Trinajstić information content (AvgIpc) is 2.01. The summed E-state index contributed by atoms with van der Waals surface area (Å²) in [6.45, 7) is 5.91. The molecule has 1 heteroatoms.